The van der Waals surface area contributed by atoms with Crippen molar-refractivity contribution >= 4 is 29.1 Å². The molecule has 28 heavy (non-hydrogen) atoms. The third kappa shape index (κ3) is 5.16. The van der Waals surface area contributed by atoms with Crippen LogP contribution in [-0.4, -0.2) is 47.5 Å². The molecular weight excluding hydrogens is 402 g/mol. The molecule has 1 aliphatic heterocycles. The molecule has 1 heterocycles. The van der Waals surface area contributed by atoms with Gasteiger partial charge in [0.1, 0.15) is 11.6 Å². The first-order valence-corrected chi connectivity index (χ1v) is 9.95. The molecule has 0 saturated carbocycles. The van der Waals surface area contributed by atoms with E-state index in [4.69, 9.17) is 27.9 Å². The number of hydrogen-bond acceptors (Lipinski definition) is 3. The zero-order valence-electron chi connectivity index (χ0n) is 15.9. The van der Waals surface area contributed by atoms with Crippen LogP contribution in [0.5, 0.6) is 5.75 Å². The molecule has 1 amide bonds. The monoisotopic (exact) mass is 424 g/mol. The summed E-state index contributed by atoms with van der Waals surface area (Å²) in [6, 6.07) is 11.7. The Hall–Kier alpha value is -1.82. The number of carbonyl (C=O) groups is 1. The van der Waals surface area contributed by atoms with Crippen LogP contribution in [0.15, 0.2) is 42.5 Å². The highest BCUT2D eigenvalue weighted by molar-refractivity contribution is 6.42. The van der Waals surface area contributed by atoms with Crippen molar-refractivity contribution in [1.82, 2.24) is 9.80 Å². The molecule has 0 spiro atoms. The van der Waals surface area contributed by atoms with Crippen LogP contribution in [0.3, 0.4) is 0 Å². The lowest BCUT2D eigenvalue weighted by atomic mass is 10.1. The SMILES string of the molecule is C[C@@H]1CN(Cc2ccc(F)cc2)[C@@H](C)CN1C(=O)COc1ccc(Cl)c(Cl)c1. The summed E-state index contributed by atoms with van der Waals surface area (Å²) < 4.78 is 18.7. The first-order chi connectivity index (χ1) is 13.3. The number of nitrogens with zero attached hydrogens (tertiary/aromatic N) is 2. The number of halogens is 3. The maximum absolute atomic E-state index is 13.1. The molecule has 1 fully saturated rings. The zero-order chi connectivity index (χ0) is 20.3. The molecule has 150 valence electrons. The molecule has 0 N–H and O–H groups in total. The zero-order valence-corrected chi connectivity index (χ0v) is 17.4. The Morgan fingerprint density at radius 1 is 1.07 bits per heavy atom. The smallest absolute Gasteiger partial charge is 0.260 e. The predicted molar refractivity (Wildman–Crippen MR) is 109 cm³/mol. The summed E-state index contributed by atoms with van der Waals surface area (Å²) in [4.78, 5) is 16.8. The first kappa shape index (κ1) is 20.9. The van der Waals surface area contributed by atoms with Crippen LogP contribution in [0.1, 0.15) is 19.4 Å². The summed E-state index contributed by atoms with van der Waals surface area (Å²) in [6.07, 6.45) is 0. The van der Waals surface area contributed by atoms with E-state index in [0.29, 0.717) is 22.3 Å². The summed E-state index contributed by atoms with van der Waals surface area (Å²) in [6.45, 7) is 6.17. The van der Waals surface area contributed by atoms with Crippen LogP contribution < -0.4 is 4.74 Å². The quantitative estimate of drug-likeness (QED) is 0.700. The van der Waals surface area contributed by atoms with Gasteiger partial charge in [0.05, 0.1) is 10.0 Å². The third-order valence-corrected chi connectivity index (χ3v) is 5.73. The van der Waals surface area contributed by atoms with Crippen molar-refractivity contribution < 1.29 is 13.9 Å². The van der Waals surface area contributed by atoms with E-state index in [-0.39, 0.29) is 30.4 Å². The molecule has 1 saturated heterocycles. The van der Waals surface area contributed by atoms with Gasteiger partial charge in [-0.3, -0.25) is 9.69 Å². The van der Waals surface area contributed by atoms with Crippen LogP contribution in [0.2, 0.25) is 10.0 Å². The average molecular weight is 425 g/mol. The Morgan fingerprint density at radius 3 is 2.46 bits per heavy atom. The highest BCUT2D eigenvalue weighted by Crippen LogP contribution is 2.26. The molecule has 0 radical (unpaired) electrons. The van der Waals surface area contributed by atoms with Crippen molar-refractivity contribution in [2.75, 3.05) is 19.7 Å². The Labute approximate surface area is 174 Å². The molecule has 2 aromatic carbocycles. The minimum absolute atomic E-state index is 0.0486. The van der Waals surface area contributed by atoms with Gasteiger partial charge in [-0.1, -0.05) is 35.3 Å². The summed E-state index contributed by atoms with van der Waals surface area (Å²) in [5.41, 5.74) is 1.06. The Balaban J connectivity index is 1.56. The molecular formula is C21H23Cl2FN2O2. The number of ether oxygens (including phenoxy) is 1. The van der Waals surface area contributed by atoms with E-state index in [9.17, 15) is 9.18 Å². The third-order valence-electron chi connectivity index (χ3n) is 4.99. The van der Waals surface area contributed by atoms with E-state index in [2.05, 4.69) is 11.8 Å². The van der Waals surface area contributed by atoms with Crippen molar-refractivity contribution in [1.29, 1.82) is 0 Å². The van der Waals surface area contributed by atoms with Gasteiger partial charge in [0, 0.05) is 37.8 Å². The van der Waals surface area contributed by atoms with E-state index >= 15 is 0 Å². The Bertz CT molecular complexity index is 832. The van der Waals surface area contributed by atoms with Gasteiger partial charge in [-0.15, -0.1) is 0 Å². The van der Waals surface area contributed by atoms with Crippen LogP contribution in [0.4, 0.5) is 4.39 Å². The molecule has 2 atom stereocenters. The molecule has 0 bridgehead atoms. The summed E-state index contributed by atoms with van der Waals surface area (Å²) in [7, 11) is 0. The minimum Gasteiger partial charge on any atom is -0.484 e. The molecule has 3 rings (SSSR count). The fourth-order valence-corrected chi connectivity index (χ4v) is 3.67. The maximum Gasteiger partial charge on any atom is 0.260 e. The largest absolute Gasteiger partial charge is 0.484 e. The molecule has 7 heteroatoms. The van der Waals surface area contributed by atoms with Gasteiger partial charge in [-0.25, -0.2) is 4.39 Å². The average Bonchev–Trinajstić information content (AvgIpc) is 2.67. The lowest BCUT2D eigenvalue weighted by molar-refractivity contribution is -0.139. The predicted octanol–water partition coefficient (Wildman–Crippen LogP) is 4.63. The number of rotatable bonds is 5. The fraction of sp³-hybridized carbons (Fsp3) is 0.381. The number of hydrogen-bond donors (Lipinski definition) is 0. The highest BCUT2D eigenvalue weighted by Gasteiger charge is 2.32. The van der Waals surface area contributed by atoms with Crippen molar-refractivity contribution in [2.24, 2.45) is 0 Å². The lowest BCUT2D eigenvalue weighted by Gasteiger charge is -2.44. The topological polar surface area (TPSA) is 32.8 Å². The van der Waals surface area contributed by atoms with Crippen LogP contribution in [0.25, 0.3) is 0 Å². The van der Waals surface area contributed by atoms with Crippen LogP contribution in [0, 0.1) is 5.82 Å². The van der Waals surface area contributed by atoms with E-state index < -0.39 is 0 Å². The van der Waals surface area contributed by atoms with Crippen LogP contribution >= 0.6 is 23.2 Å². The second-order valence-corrected chi connectivity index (χ2v) is 7.98. The van der Waals surface area contributed by atoms with E-state index in [1.54, 1.807) is 30.3 Å². The molecule has 4 nitrogen and oxygen atoms in total. The van der Waals surface area contributed by atoms with Crippen molar-refractivity contribution in [3.63, 3.8) is 0 Å². The lowest BCUT2D eigenvalue weighted by Crippen LogP contribution is -2.58. The first-order valence-electron chi connectivity index (χ1n) is 9.19. The normalized spacial score (nSPS) is 20.2. The summed E-state index contributed by atoms with van der Waals surface area (Å²) in [5.74, 6) is 0.216. The van der Waals surface area contributed by atoms with E-state index in [0.717, 1.165) is 18.7 Å². The van der Waals surface area contributed by atoms with Gasteiger partial charge in [-0.2, -0.15) is 0 Å². The van der Waals surface area contributed by atoms with Gasteiger partial charge < -0.3 is 9.64 Å². The molecule has 0 aliphatic carbocycles. The number of amides is 1. The molecule has 1 aliphatic rings. The number of carbonyl (C=O) groups excluding carboxylic acids is 1. The van der Waals surface area contributed by atoms with E-state index in [1.165, 1.54) is 12.1 Å². The van der Waals surface area contributed by atoms with Gasteiger partial charge in [0.25, 0.3) is 5.91 Å². The number of piperazine rings is 1. The Morgan fingerprint density at radius 2 is 1.79 bits per heavy atom. The highest BCUT2D eigenvalue weighted by atomic mass is 35.5. The molecule has 2 aromatic rings. The second kappa shape index (κ2) is 9.12. The van der Waals surface area contributed by atoms with Gasteiger partial charge >= 0.3 is 0 Å². The van der Waals surface area contributed by atoms with Crippen molar-refractivity contribution in [2.45, 2.75) is 32.5 Å². The summed E-state index contributed by atoms with van der Waals surface area (Å²) >= 11 is 11.9. The second-order valence-electron chi connectivity index (χ2n) is 7.16. The minimum atomic E-state index is -0.234. The van der Waals surface area contributed by atoms with Gasteiger partial charge in [0.15, 0.2) is 6.61 Å². The Kier molecular flexibility index (Phi) is 6.81. The van der Waals surface area contributed by atoms with Gasteiger partial charge in [0.2, 0.25) is 0 Å². The number of benzene rings is 2. The molecule has 0 aromatic heterocycles. The fourth-order valence-electron chi connectivity index (χ4n) is 3.38. The van der Waals surface area contributed by atoms with Crippen molar-refractivity contribution in [3.05, 3.63) is 63.9 Å². The van der Waals surface area contributed by atoms with Crippen LogP contribution in [-0.2, 0) is 11.3 Å². The maximum atomic E-state index is 13.1. The standard InChI is InChI=1S/C21H23Cl2FN2O2/c1-14-11-26(21(27)13-28-18-7-8-19(22)20(23)9-18)15(2)10-25(14)12-16-3-5-17(24)6-4-16/h3-9,14-15H,10-13H2,1-2H3/t14-,15+/m0/s1. The van der Waals surface area contributed by atoms with E-state index in [1.807, 2.05) is 11.8 Å². The summed E-state index contributed by atoms with van der Waals surface area (Å²) in [5, 5.41) is 0.836. The molecule has 0 unspecified atom stereocenters. The van der Waals surface area contributed by atoms with Crippen molar-refractivity contribution in [3.8, 4) is 5.75 Å². The van der Waals surface area contributed by atoms with Gasteiger partial charge in [-0.05, 0) is 43.7 Å².